The maximum Gasteiger partial charge on any atom is 0.503 e. The summed E-state index contributed by atoms with van der Waals surface area (Å²) in [5.41, 5.74) is 0. The molecule has 10 heavy (non-hydrogen) atoms. The van der Waals surface area contributed by atoms with E-state index in [2.05, 4.69) is 0 Å². The van der Waals surface area contributed by atoms with Crippen molar-refractivity contribution in [3.8, 4) is 0 Å². The number of carboxylic acid groups (broad SMARTS) is 2. The van der Waals surface area contributed by atoms with Gasteiger partial charge in [-0.25, -0.2) is 4.79 Å². The van der Waals surface area contributed by atoms with Crippen molar-refractivity contribution in [2.24, 2.45) is 0 Å². The van der Waals surface area contributed by atoms with E-state index < -0.39 is 11.2 Å². The number of hydrogen-bond donors (Lipinski definition) is 2. The molecule has 2 N–H and O–H groups in total. The Labute approximate surface area is 76.1 Å². The van der Waals surface area contributed by atoms with E-state index >= 15 is 0 Å². The van der Waals surface area contributed by atoms with Crippen LogP contribution < -0.4 is 0 Å². The van der Waals surface area contributed by atoms with Gasteiger partial charge in [0.25, 0.3) is 0 Å². The number of carbonyl (C=O) groups is 1. The molecule has 0 bridgehead atoms. The van der Waals surface area contributed by atoms with Crippen LogP contribution in [-0.2, 0) is 34.1 Å². The Balaban J connectivity index is -0.0000000300. The zero-order chi connectivity index (χ0) is 7.15. The van der Waals surface area contributed by atoms with Crippen molar-refractivity contribution in [1.29, 1.82) is 0 Å². The normalized spacial score (nSPS) is 4.80. The van der Waals surface area contributed by atoms with Crippen LogP contribution in [0.4, 0.5) is 4.79 Å². The van der Waals surface area contributed by atoms with Gasteiger partial charge in [0.1, 0.15) is 0 Å². The minimum absolute atomic E-state index is 0. The molecule has 0 atom stereocenters. The third-order valence-electron chi connectivity index (χ3n) is 0. The van der Waals surface area contributed by atoms with Crippen molar-refractivity contribution in [2.45, 2.75) is 0 Å². The molecule has 0 amide bonds. The smallest absolute Gasteiger partial charge is 0.450 e. The van der Waals surface area contributed by atoms with Crippen LogP contribution in [0.25, 0.3) is 0 Å². The fourth-order valence-electron chi connectivity index (χ4n) is 0. The summed E-state index contributed by atoms with van der Waals surface area (Å²) >= 11 is 0. The molecule has 0 radical (unpaired) electrons. The molecule has 7 nitrogen and oxygen atoms in total. The van der Waals surface area contributed by atoms with E-state index in [1.807, 2.05) is 0 Å². The Kier molecular flexibility index (Phi) is 35.9. The van der Waals surface area contributed by atoms with Crippen LogP contribution in [0.15, 0.2) is 0 Å². The predicted octanol–water partition coefficient (Wildman–Crippen LogP) is -0.0217. The molecule has 0 aliphatic carbocycles. The standard InChI is InChI=1S/CH2O3.2Fe.NO3/c2-1(3)4;;;2-1(3)4/h(H2,2,3,4);;;/q;;;-1. The van der Waals surface area contributed by atoms with Gasteiger partial charge in [0.2, 0.25) is 0 Å². The van der Waals surface area contributed by atoms with E-state index in [1.165, 1.54) is 0 Å². The Morgan fingerprint density at radius 2 is 1.20 bits per heavy atom. The number of nitrogens with zero attached hydrogens (tertiary/aromatic N) is 1. The van der Waals surface area contributed by atoms with E-state index in [1.54, 1.807) is 0 Å². The molecule has 0 aliphatic heterocycles. The van der Waals surface area contributed by atoms with Gasteiger partial charge >= 0.3 is 6.16 Å². The van der Waals surface area contributed by atoms with E-state index in [4.69, 9.17) is 30.3 Å². The van der Waals surface area contributed by atoms with Gasteiger partial charge in [0.15, 0.2) is 0 Å². The molecular weight excluding hydrogens is 234 g/mol. The monoisotopic (exact) mass is 236 g/mol. The summed E-state index contributed by atoms with van der Waals surface area (Å²) in [6, 6.07) is 0. The van der Waals surface area contributed by atoms with Crippen molar-refractivity contribution in [2.75, 3.05) is 0 Å². The maximum atomic E-state index is 8.56. The third-order valence-corrected chi connectivity index (χ3v) is 0. The van der Waals surface area contributed by atoms with Gasteiger partial charge in [-0.05, 0) is 0 Å². The predicted molar refractivity (Wildman–Crippen MR) is 21.0 cm³/mol. The molecule has 0 unspecified atom stereocenters. The molecule has 0 rings (SSSR count). The number of rotatable bonds is 0. The van der Waals surface area contributed by atoms with E-state index in [0.717, 1.165) is 0 Å². The first kappa shape index (κ1) is 22.7. The fourth-order valence-corrected chi connectivity index (χ4v) is 0. The van der Waals surface area contributed by atoms with Crippen molar-refractivity contribution < 1.29 is 54.2 Å². The molecule has 0 heterocycles. The molecule has 0 saturated heterocycles. The van der Waals surface area contributed by atoms with Gasteiger partial charge in [-0.1, -0.05) is 0 Å². The zero-order valence-corrected chi connectivity index (χ0v) is 6.39. The Morgan fingerprint density at radius 3 is 1.20 bits per heavy atom. The first-order valence-electron chi connectivity index (χ1n) is 1.20. The van der Waals surface area contributed by atoms with Gasteiger partial charge in [0, 0.05) is 34.1 Å². The molecule has 0 fully saturated rings. The largest absolute Gasteiger partial charge is 0.503 e. The van der Waals surface area contributed by atoms with Crippen molar-refractivity contribution in [3.05, 3.63) is 15.3 Å². The average Bonchev–Trinajstić information content (AvgIpc) is 1.25. The van der Waals surface area contributed by atoms with Crippen LogP contribution in [0.5, 0.6) is 0 Å². The van der Waals surface area contributed by atoms with E-state index in [9.17, 15) is 0 Å². The van der Waals surface area contributed by atoms with Gasteiger partial charge in [-0.3, -0.25) is 0 Å². The molecule has 9 heteroatoms. The minimum atomic E-state index is -1.83. The first-order chi connectivity index (χ1) is 3.46. The number of hydrogen-bond acceptors (Lipinski definition) is 4. The SMILES string of the molecule is O=C(O)O.O=[N+]([O-])[O-].[Fe].[Fe]. The van der Waals surface area contributed by atoms with Crippen LogP contribution in [0.1, 0.15) is 0 Å². The van der Waals surface area contributed by atoms with E-state index in [-0.39, 0.29) is 34.1 Å². The van der Waals surface area contributed by atoms with Crippen LogP contribution >= 0.6 is 0 Å². The molecule has 64 valence electrons. The van der Waals surface area contributed by atoms with E-state index in [0.29, 0.717) is 0 Å². The van der Waals surface area contributed by atoms with Gasteiger partial charge < -0.3 is 25.5 Å². The van der Waals surface area contributed by atoms with Crippen molar-refractivity contribution in [1.82, 2.24) is 0 Å². The summed E-state index contributed by atoms with van der Waals surface area (Å²) < 4.78 is 0. The van der Waals surface area contributed by atoms with Crippen LogP contribution in [0.2, 0.25) is 0 Å². The summed E-state index contributed by atoms with van der Waals surface area (Å²) in [7, 11) is 0. The second-order valence-corrected chi connectivity index (χ2v) is 0.506. The van der Waals surface area contributed by atoms with Crippen LogP contribution in [0, 0.1) is 15.3 Å². The summed E-state index contributed by atoms with van der Waals surface area (Å²) in [6.07, 6.45) is -1.83. The molecule has 0 aromatic carbocycles. The fraction of sp³-hybridized carbons (Fsp3) is 0. The Morgan fingerprint density at radius 1 is 1.20 bits per heavy atom. The molecular formula is CH2Fe2NO6-. The van der Waals surface area contributed by atoms with Gasteiger partial charge in [-0.15, -0.1) is 0 Å². The van der Waals surface area contributed by atoms with Gasteiger partial charge in [0.05, 0.1) is 5.09 Å². The maximum absolute atomic E-state index is 8.56. The van der Waals surface area contributed by atoms with Crippen LogP contribution in [0.3, 0.4) is 0 Å². The van der Waals surface area contributed by atoms with Crippen molar-refractivity contribution >= 4 is 6.16 Å². The second kappa shape index (κ2) is 15.8. The molecule has 0 aromatic rings. The van der Waals surface area contributed by atoms with Gasteiger partial charge in [-0.2, -0.15) is 0 Å². The van der Waals surface area contributed by atoms with Crippen molar-refractivity contribution in [3.63, 3.8) is 0 Å². The molecule has 0 saturated carbocycles. The summed E-state index contributed by atoms with van der Waals surface area (Å²) in [4.78, 5) is 16.8. The topological polar surface area (TPSA) is 124 Å². The summed E-state index contributed by atoms with van der Waals surface area (Å²) in [5, 5.41) is 28.7. The summed E-state index contributed by atoms with van der Waals surface area (Å²) in [6.45, 7) is 0. The second-order valence-electron chi connectivity index (χ2n) is 0.506. The minimum Gasteiger partial charge on any atom is -0.450 e. The molecule has 0 aliphatic rings. The third kappa shape index (κ3) is 1320. The Bertz CT molecular complexity index is 73.7. The van der Waals surface area contributed by atoms with Crippen LogP contribution in [-0.4, -0.2) is 21.5 Å². The first-order valence-corrected chi connectivity index (χ1v) is 1.20. The molecule has 0 aromatic heterocycles. The zero-order valence-electron chi connectivity index (χ0n) is 4.18. The summed E-state index contributed by atoms with van der Waals surface area (Å²) in [5.74, 6) is 0. The average molecular weight is 236 g/mol. The Hall–Kier alpha value is -0.491. The molecule has 0 spiro atoms. The quantitative estimate of drug-likeness (QED) is 0.345.